The summed E-state index contributed by atoms with van der Waals surface area (Å²) in [6.45, 7) is 5.76. The van der Waals surface area contributed by atoms with Crippen LogP contribution in [0.5, 0.6) is 0 Å². The molecule has 2 amide bonds. The van der Waals surface area contributed by atoms with Crippen LogP contribution in [0.4, 0.5) is 4.79 Å². The molecule has 0 aliphatic carbocycles. The van der Waals surface area contributed by atoms with Gasteiger partial charge in [0, 0.05) is 0 Å². The molecular weight excluding hydrogens is 417 g/mol. The first kappa shape index (κ1) is 27.1. The molecule has 0 heterocycles. The molecule has 0 aliphatic rings. The van der Waals surface area contributed by atoms with E-state index in [1.165, 1.54) is 6.92 Å². The molecule has 32 heavy (non-hydrogen) atoms. The maximum absolute atomic E-state index is 12.6. The minimum absolute atomic E-state index is 0.0166. The Kier molecular flexibility index (Phi) is 10.9. The summed E-state index contributed by atoms with van der Waals surface area (Å²) in [5.41, 5.74) is 0.306. The van der Waals surface area contributed by atoms with Crippen molar-refractivity contribution in [2.45, 2.75) is 58.1 Å². The van der Waals surface area contributed by atoms with Gasteiger partial charge in [0.15, 0.2) is 0 Å². The van der Waals surface area contributed by atoms with Crippen molar-refractivity contribution in [3.05, 3.63) is 35.9 Å². The summed E-state index contributed by atoms with van der Waals surface area (Å²) in [5, 5.41) is 27.0. The Balaban J connectivity index is 2.61. The number of nitrogens with one attached hydrogen (secondary N) is 3. The third-order valence-electron chi connectivity index (χ3n) is 3.98. The fourth-order valence-electron chi connectivity index (χ4n) is 2.44. The zero-order chi connectivity index (χ0) is 24.3. The van der Waals surface area contributed by atoms with Crippen molar-refractivity contribution in [3.63, 3.8) is 0 Å². The molecule has 10 nitrogen and oxygen atoms in total. The number of ether oxygens (including phenoxy) is 2. The van der Waals surface area contributed by atoms with E-state index in [2.05, 4.69) is 23.4 Å². The Morgan fingerprint density at radius 3 is 2.28 bits per heavy atom. The Labute approximate surface area is 188 Å². The first-order valence-electron chi connectivity index (χ1n) is 10.1. The first-order valence-corrected chi connectivity index (χ1v) is 10.1. The number of carbonyl (C=O) groups excluding carboxylic acids is 3. The summed E-state index contributed by atoms with van der Waals surface area (Å²) in [6, 6.07) is 6.42. The van der Waals surface area contributed by atoms with Gasteiger partial charge in [0.2, 0.25) is 0 Å². The number of alkyl carbamates (subject to hydrolysis) is 1. The van der Waals surface area contributed by atoms with Crippen LogP contribution < -0.4 is 16.0 Å². The van der Waals surface area contributed by atoms with E-state index in [1.54, 1.807) is 45.0 Å². The number of aliphatic hydroxyl groups is 2. The van der Waals surface area contributed by atoms with Crippen LogP contribution in [-0.2, 0) is 25.7 Å². The summed E-state index contributed by atoms with van der Waals surface area (Å²) < 4.78 is 10.2. The SMILES string of the molecule is B=C(CNC(=O)OC(C)(C)C)N[C@H](C(=O)N[C@@H](CO)C(=O)OCc1ccccc1)[C@@H](C)O. The van der Waals surface area contributed by atoms with Gasteiger partial charge in [-0.15, -0.1) is 0 Å². The summed E-state index contributed by atoms with van der Waals surface area (Å²) in [5.74, 6) is -1.58. The van der Waals surface area contributed by atoms with E-state index < -0.39 is 48.4 Å². The molecule has 0 fully saturated rings. The topological polar surface area (TPSA) is 146 Å². The van der Waals surface area contributed by atoms with E-state index in [9.17, 15) is 24.6 Å². The second kappa shape index (κ2) is 12.8. The van der Waals surface area contributed by atoms with Crippen LogP contribution in [0.3, 0.4) is 0 Å². The number of amides is 2. The molecule has 1 rings (SSSR count). The fourth-order valence-corrected chi connectivity index (χ4v) is 2.44. The molecule has 0 spiro atoms. The molecule has 3 atom stereocenters. The standard InChI is InChI=1S/C21H32BN3O7/c1-13(27)17(25-16(22)10-23-20(30)32-21(2,3)4)18(28)24-15(11-26)19(29)31-12-14-8-6-5-7-9-14/h5-9,13,15,17,22,25-27H,10-12H2,1-4H3,(H,23,30)(H,24,28)/t13-,15+,17+/m1/s1. The summed E-state index contributed by atoms with van der Waals surface area (Å²) in [4.78, 5) is 36.5. The van der Waals surface area contributed by atoms with E-state index in [0.29, 0.717) is 0 Å². The van der Waals surface area contributed by atoms with Crippen molar-refractivity contribution in [3.8, 4) is 0 Å². The third-order valence-corrected chi connectivity index (χ3v) is 3.98. The van der Waals surface area contributed by atoms with Crippen LogP contribution in [0.25, 0.3) is 0 Å². The monoisotopic (exact) mass is 449 g/mol. The second-order valence-electron chi connectivity index (χ2n) is 8.16. The molecule has 0 aliphatic heterocycles. The second-order valence-corrected chi connectivity index (χ2v) is 8.16. The molecule has 11 heteroatoms. The van der Waals surface area contributed by atoms with Crippen molar-refractivity contribution >= 4 is 31.0 Å². The first-order chi connectivity index (χ1) is 14.9. The average molecular weight is 449 g/mol. The quantitative estimate of drug-likeness (QED) is 0.216. The summed E-state index contributed by atoms with van der Waals surface area (Å²) >= 11 is 0. The van der Waals surface area contributed by atoms with Crippen molar-refractivity contribution in [1.82, 2.24) is 16.0 Å². The van der Waals surface area contributed by atoms with Gasteiger partial charge >= 0.3 is 182 Å². The molecule has 5 N–H and O–H groups in total. The van der Waals surface area contributed by atoms with Gasteiger partial charge in [-0.1, -0.05) is 6.07 Å². The van der Waals surface area contributed by atoms with Crippen molar-refractivity contribution in [2.75, 3.05) is 13.2 Å². The van der Waals surface area contributed by atoms with Gasteiger partial charge in [-0.25, -0.2) is 0 Å². The number of carbonyl (C=O) groups is 3. The Morgan fingerprint density at radius 2 is 1.75 bits per heavy atom. The van der Waals surface area contributed by atoms with Gasteiger partial charge in [0.1, 0.15) is 0 Å². The van der Waals surface area contributed by atoms with Crippen LogP contribution in [0.15, 0.2) is 30.3 Å². The molecule has 0 aromatic heterocycles. The summed E-state index contributed by atoms with van der Waals surface area (Å²) in [6.07, 6.45) is -1.84. The molecule has 0 saturated carbocycles. The van der Waals surface area contributed by atoms with E-state index in [4.69, 9.17) is 9.47 Å². The van der Waals surface area contributed by atoms with Crippen LogP contribution in [-0.4, -0.2) is 78.2 Å². The number of aliphatic hydroxyl groups excluding tert-OH is 2. The number of benzene rings is 1. The van der Waals surface area contributed by atoms with Gasteiger partial charge in [-0.2, -0.15) is 0 Å². The molecular formula is C21H32BN3O7. The molecule has 1 aromatic rings. The zero-order valence-corrected chi connectivity index (χ0v) is 18.9. The molecule has 0 saturated heterocycles. The number of rotatable bonds is 11. The van der Waals surface area contributed by atoms with Crippen LogP contribution in [0.2, 0.25) is 0 Å². The van der Waals surface area contributed by atoms with E-state index in [-0.39, 0.29) is 18.7 Å². The predicted molar refractivity (Wildman–Crippen MR) is 120 cm³/mol. The van der Waals surface area contributed by atoms with Crippen LogP contribution in [0.1, 0.15) is 33.3 Å². The van der Waals surface area contributed by atoms with Crippen LogP contribution in [0, 0.1) is 0 Å². The average Bonchev–Trinajstić information content (AvgIpc) is 2.71. The predicted octanol–water partition coefficient (Wildman–Crippen LogP) is -0.899. The number of esters is 1. The normalized spacial score (nSPS) is 13.8. The molecule has 0 unspecified atom stereocenters. The molecule has 0 radical (unpaired) electrons. The Morgan fingerprint density at radius 1 is 1.12 bits per heavy atom. The van der Waals surface area contributed by atoms with Gasteiger partial charge in [-0.3, -0.25) is 0 Å². The van der Waals surface area contributed by atoms with Gasteiger partial charge in [-0.05, 0) is 0 Å². The fraction of sp³-hybridized carbons (Fsp3) is 0.524. The van der Waals surface area contributed by atoms with E-state index >= 15 is 0 Å². The molecule has 176 valence electrons. The van der Waals surface area contributed by atoms with Crippen molar-refractivity contribution in [2.24, 2.45) is 0 Å². The third kappa shape index (κ3) is 10.4. The van der Waals surface area contributed by atoms with Gasteiger partial charge in [0.05, 0.1) is 0 Å². The van der Waals surface area contributed by atoms with Crippen molar-refractivity contribution < 1.29 is 34.1 Å². The maximum atomic E-state index is 12.6. The van der Waals surface area contributed by atoms with E-state index in [0.717, 1.165) is 5.56 Å². The molecule has 0 bridgehead atoms. The van der Waals surface area contributed by atoms with Gasteiger partial charge in [0.25, 0.3) is 0 Å². The van der Waals surface area contributed by atoms with E-state index in [1.807, 2.05) is 6.07 Å². The number of hydrogen-bond donors (Lipinski definition) is 5. The Hall–Kier alpha value is -2.92. The molecule has 1 aromatic carbocycles. The van der Waals surface area contributed by atoms with Crippen LogP contribution >= 0.6 is 0 Å². The minimum atomic E-state index is -1.32. The van der Waals surface area contributed by atoms with Crippen molar-refractivity contribution in [1.29, 1.82) is 0 Å². The number of hydrogen-bond acceptors (Lipinski definition) is 8. The van der Waals surface area contributed by atoms with Gasteiger partial charge < -0.3 is 0 Å². The Bertz CT molecular complexity index is 781. The zero-order valence-electron chi connectivity index (χ0n) is 18.9. The summed E-state index contributed by atoms with van der Waals surface area (Å²) in [7, 11) is 3.71.